The van der Waals surface area contributed by atoms with Crippen LogP contribution in [0.1, 0.15) is 40.0 Å². The van der Waals surface area contributed by atoms with E-state index in [0.717, 1.165) is 18.8 Å². The van der Waals surface area contributed by atoms with E-state index in [4.69, 9.17) is 0 Å². The molecule has 0 aliphatic heterocycles. The predicted octanol–water partition coefficient (Wildman–Crippen LogP) is 2.97. The largest absolute Gasteiger partial charge is 0.151 e. The van der Waals surface area contributed by atoms with Gasteiger partial charge in [-0.3, -0.25) is 0 Å². The fourth-order valence-corrected chi connectivity index (χ4v) is 0.874. The summed E-state index contributed by atoms with van der Waals surface area (Å²) >= 11 is 0. The molecule has 0 bridgehead atoms. The summed E-state index contributed by atoms with van der Waals surface area (Å²) in [7, 11) is 0. The molecule has 0 aromatic carbocycles. The highest BCUT2D eigenvalue weighted by Gasteiger charge is 2.00. The minimum atomic E-state index is 0.0127. The topological polar surface area (TPSA) is 29.4 Å². The third-order valence-corrected chi connectivity index (χ3v) is 1.58. The van der Waals surface area contributed by atoms with Crippen molar-refractivity contribution in [3.8, 4) is 0 Å². The minimum Gasteiger partial charge on any atom is -0.151 e. The lowest BCUT2D eigenvalue weighted by Crippen LogP contribution is -1.97. The molecule has 0 saturated heterocycles. The summed E-state index contributed by atoms with van der Waals surface area (Å²) in [5, 5.41) is 2.94. The van der Waals surface area contributed by atoms with Gasteiger partial charge in [0.25, 0.3) is 0 Å². The monoisotopic (exact) mass is 143 g/mol. The summed E-state index contributed by atoms with van der Waals surface area (Å²) < 4.78 is 0. The van der Waals surface area contributed by atoms with Gasteiger partial charge in [0.1, 0.15) is 0 Å². The summed E-state index contributed by atoms with van der Waals surface area (Å²) in [5.74, 6) is 0.749. The Bertz CT molecular complexity index is 91.3. The van der Waals surface area contributed by atoms with Crippen LogP contribution in [0.25, 0.3) is 0 Å². The van der Waals surface area contributed by atoms with Crippen LogP contribution in [-0.2, 0) is 0 Å². The van der Waals surface area contributed by atoms with Gasteiger partial charge in [-0.2, -0.15) is 4.91 Å². The first-order valence-electron chi connectivity index (χ1n) is 3.99. The number of nitroso groups, excluding NO2 is 1. The maximum Gasteiger partial charge on any atom is 0.0891 e. The van der Waals surface area contributed by atoms with Crippen LogP contribution in [0.3, 0.4) is 0 Å². The lowest BCUT2D eigenvalue weighted by atomic mass is 10.0. The Kier molecular flexibility index (Phi) is 5.17. The van der Waals surface area contributed by atoms with Gasteiger partial charge in [-0.1, -0.05) is 31.9 Å². The normalized spacial score (nSPS) is 13.6. The molecular weight excluding hydrogens is 126 g/mol. The van der Waals surface area contributed by atoms with Crippen molar-refractivity contribution in [1.29, 1.82) is 0 Å². The summed E-state index contributed by atoms with van der Waals surface area (Å²) in [4.78, 5) is 9.93. The molecule has 60 valence electrons. The zero-order chi connectivity index (χ0) is 7.98. The second kappa shape index (κ2) is 5.39. The van der Waals surface area contributed by atoms with Crippen LogP contribution in [0.2, 0.25) is 0 Å². The van der Waals surface area contributed by atoms with E-state index in [9.17, 15) is 4.91 Å². The molecule has 0 saturated carbocycles. The van der Waals surface area contributed by atoms with Crippen molar-refractivity contribution in [1.82, 2.24) is 0 Å². The zero-order valence-electron chi connectivity index (χ0n) is 7.13. The maximum absolute atomic E-state index is 9.93. The lowest BCUT2D eigenvalue weighted by molar-refractivity contribution is 0.510. The molecule has 0 rings (SSSR count). The highest BCUT2D eigenvalue weighted by atomic mass is 16.3. The van der Waals surface area contributed by atoms with Gasteiger partial charge in [0, 0.05) is 0 Å². The van der Waals surface area contributed by atoms with E-state index >= 15 is 0 Å². The quantitative estimate of drug-likeness (QED) is 0.544. The molecule has 1 atom stereocenters. The standard InChI is InChI=1S/C8H17NO/c1-7(2)5-4-6-8(3)9-10/h7-8H,4-6H2,1-3H3. The van der Waals surface area contributed by atoms with Gasteiger partial charge in [0.15, 0.2) is 0 Å². The van der Waals surface area contributed by atoms with Crippen molar-refractivity contribution in [3.63, 3.8) is 0 Å². The molecule has 0 N–H and O–H groups in total. The fraction of sp³-hybridized carbons (Fsp3) is 1.00. The summed E-state index contributed by atoms with van der Waals surface area (Å²) in [6, 6.07) is 0.0127. The Labute approximate surface area is 63.0 Å². The summed E-state index contributed by atoms with van der Waals surface area (Å²) in [5.41, 5.74) is 0. The average Bonchev–Trinajstić information content (AvgIpc) is 1.87. The molecule has 0 spiro atoms. The molecule has 0 radical (unpaired) electrons. The number of hydrogen-bond donors (Lipinski definition) is 0. The SMILES string of the molecule is CC(C)CCCC(C)N=O. The highest BCUT2D eigenvalue weighted by Crippen LogP contribution is 2.09. The van der Waals surface area contributed by atoms with Crippen molar-refractivity contribution < 1.29 is 0 Å². The van der Waals surface area contributed by atoms with E-state index < -0.39 is 0 Å². The molecule has 0 fully saturated rings. The van der Waals surface area contributed by atoms with Crippen molar-refractivity contribution in [2.75, 3.05) is 0 Å². The summed E-state index contributed by atoms with van der Waals surface area (Å²) in [6.45, 7) is 6.26. The first-order valence-corrected chi connectivity index (χ1v) is 3.99. The van der Waals surface area contributed by atoms with Crippen LogP contribution >= 0.6 is 0 Å². The first-order chi connectivity index (χ1) is 4.66. The number of hydrogen-bond acceptors (Lipinski definition) is 2. The van der Waals surface area contributed by atoms with E-state index in [-0.39, 0.29) is 6.04 Å². The van der Waals surface area contributed by atoms with Crippen LogP contribution < -0.4 is 0 Å². The third kappa shape index (κ3) is 5.73. The number of nitrogens with zero attached hydrogens (tertiary/aromatic N) is 1. The molecule has 0 amide bonds. The molecule has 2 nitrogen and oxygen atoms in total. The molecule has 0 aliphatic carbocycles. The minimum absolute atomic E-state index is 0.0127. The van der Waals surface area contributed by atoms with Gasteiger partial charge >= 0.3 is 0 Å². The smallest absolute Gasteiger partial charge is 0.0891 e. The molecular formula is C8H17NO. The van der Waals surface area contributed by atoms with Crippen molar-refractivity contribution in [2.24, 2.45) is 11.1 Å². The molecule has 10 heavy (non-hydrogen) atoms. The van der Waals surface area contributed by atoms with Crippen molar-refractivity contribution in [3.05, 3.63) is 4.91 Å². The maximum atomic E-state index is 9.93. The second-order valence-electron chi connectivity index (χ2n) is 3.28. The van der Waals surface area contributed by atoms with Gasteiger partial charge < -0.3 is 0 Å². The van der Waals surface area contributed by atoms with Crippen LogP contribution in [-0.4, -0.2) is 6.04 Å². The molecule has 0 aromatic rings. The van der Waals surface area contributed by atoms with Gasteiger partial charge in [0.05, 0.1) is 6.04 Å². The van der Waals surface area contributed by atoms with Gasteiger partial charge in [0.2, 0.25) is 0 Å². The van der Waals surface area contributed by atoms with Crippen LogP contribution in [0.5, 0.6) is 0 Å². The highest BCUT2D eigenvalue weighted by molar-refractivity contribution is 4.58. The molecule has 0 aromatic heterocycles. The molecule has 1 unspecified atom stereocenters. The fourth-order valence-electron chi connectivity index (χ4n) is 0.874. The van der Waals surface area contributed by atoms with Crippen LogP contribution in [0, 0.1) is 10.8 Å². The zero-order valence-corrected chi connectivity index (χ0v) is 7.13. The third-order valence-electron chi connectivity index (χ3n) is 1.58. The number of rotatable bonds is 5. The molecule has 0 aliphatic rings. The van der Waals surface area contributed by atoms with E-state index in [1.165, 1.54) is 6.42 Å². The van der Waals surface area contributed by atoms with E-state index in [1.54, 1.807) is 0 Å². The molecule has 0 heterocycles. The Morgan fingerprint density at radius 3 is 2.20 bits per heavy atom. The van der Waals surface area contributed by atoms with E-state index in [0.29, 0.717) is 0 Å². The van der Waals surface area contributed by atoms with Gasteiger partial charge in [-0.05, 0) is 19.3 Å². The summed E-state index contributed by atoms with van der Waals surface area (Å²) in [6.07, 6.45) is 3.28. The molecule has 2 heteroatoms. The Balaban J connectivity index is 3.11. The Morgan fingerprint density at radius 2 is 1.80 bits per heavy atom. The first kappa shape index (κ1) is 9.60. The Hall–Kier alpha value is -0.400. The van der Waals surface area contributed by atoms with Crippen molar-refractivity contribution in [2.45, 2.75) is 46.1 Å². The van der Waals surface area contributed by atoms with Crippen LogP contribution in [0.4, 0.5) is 0 Å². The van der Waals surface area contributed by atoms with Gasteiger partial charge in [-0.25, -0.2) is 0 Å². The predicted molar refractivity (Wildman–Crippen MR) is 43.9 cm³/mol. The van der Waals surface area contributed by atoms with E-state index in [2.05, 4.69) is 19.0 Å². The van der Waals surface area contributed by atoms with E-state index in [1.807, 2.05) is 6.92 Å². The van der Waals surface area contributed by atoms with Gasteiger partial charge in [-0.15, -0.1) is 0 Å². The Morgan fingerprint density at radius 1 is 1.20 bits per heavy atom. The second-order valence-corrected chi connectivity index (χ2v) is 3.28. The van der Waals surface area contributed by atoms with Crippen molar-refractivity contribution >= 4 is 0 Å². The lowest BCUT2D eigenvalue weighted by Gasteiger charge is -2.04. The average molecular weight is 143 g/mol. The van der Waals surface area contributed by atoms with Crippen LogP contribution in [0.15, 0.2) is 5.18 Å².